The number of benzene rings is 1. The first-order valence-electron chi connectivity index (χ1n) is 10.4. The van der Waals surface area contributed by atoms with E-state index in [9.17, 15) is 4.79 Å². The Morgan fingerprint density at radius 1 is 1.16 bits per heavy atom. The molecule has 1 aliphatic heterocycles. The van der Waals surface area contributed by atoms with Gasteiger partial charge in [-0.1, -0.05) is 23.7 Å². The number of hydrogen-bond donors (Lipinski definition) is 1. The second kappa shape index (κ2) is 8.81. The summed E-state index contributed by atoms with van der Waals surface area (Å²) >= 11 is 1.58. The summed E-state index contributed by atoms with van der Waals surface area (Å²) in [4.78, 5) is 16.8. The standard InChI is InChI=1S/C22H22N6O2S/c29-19(8-9-20-24-21(27-30-20)16-10-12-31-14-16)23-17-6-4-5-15(13-17)22-26-25-18-7-2-1-3-11-28(18)22/h4-6,10,12-14H,1-3,7-9,11H2,(H,23,29). The van der Waals surface area contributed by atoms with Gasteiger partial charge in [0.2, 0.25) is 17.6 Å². The van der Waals surface area contributed by atoms with E-state index in [0.29, 0.717) is 18.1 Å². The average Bonchev–Trinajstić information content (AvgIpc) is 3.51. The predicted octanol–water partition coefficient (Wildman–Crippen LogP) is 4.35. The van der Waals surface area contributed by atoms with Gasteiger partial charge < -0.3 is 14.4 Å². The van der Waals surface area contributed by atoms with Crippen molar-refractivity contribution in [2.75, 3.05) is 5.32 Å². The van der Waals surface area contributed by atoms with E-state index >= 15 is 0 Å². The minimum absolute atomic E-state index is 0.104. The predicted molar refractivity (Wildman–Crippen MR) is 118 cm³/mol. The summed E-state index contributed by atoms with van der Waals surface area (Å²) in [6.07, 6.45) is 5.12. The van der Waals surface area contributed by atoms with Gasteiger partial charge in [-0.2, -0.15) is 16.3 Å². The van der Waals surface area contributed by atoms with Gasteiger partial charge in [0.05, 0.1) is 0 Å². The lowest BCUT2D eigenvalue weighted by Crippen LogP contribution is -2.12. The van der Waals surface area contributed by atoms with Crippen molar-refractivity contribution in [1.82, 2.24) is 24.9 Å². The van der Waals surface area contributed by atoms with Crippen LogP contribution in [0.25, 0.3) is 22.8 Å². The molecule has 0 atom stereocenters. The van der Waals surface area contributed by atoms with Gasteiger partial charge in [-0.25, -0.2) is 0 Å². The van der Waals surface area contributed by atoms with Crippen LogP contribution in [0.4, 0.5) is 5.69 Å². The van der Waals surface area contributed by atoms with Crippen molar-refractivity contribution >= 4 is 22.9 Å². The molecule has 0 saturated heterocycles. The lowest BCUT2D eigenvalue weighted by Gasteiger charge is -2.09. The minimum atomic E-state index is -0.104. The quantitative estimate of drug-likeness (QED) is 0.484. The van der Waals surface area contributed by atoms with E-state index in [1.165, 1.54) is 6.42 Å². The third-order valence-electron chi connectivity index (χ3n) is 5.33. The number of amides is 1. The van der Waals surface area contributed by atoms with E-state index in [-0.39, 0.29) is 12.3 Å². The van der Waals surface area contributed by atoms with Crippen LogP contribution in [-0.2, 0) is 24.2 Å². The van der Waals surface area contributed by atoms with E-state index in [2.05, 4.69) is 30.2 Å². The summed E-state index contributed by atoms with van der Waals surface area (Å²) in [6.45, 7) is 0.936. The number of nitrogens with one attached hydrogen (secondary N) is 1. The molecule has 9 heteroatoms. The summed E-state index contributed by atoms with van der Waals surface area (Å²) < 4.78 is 7.47. The molecule has 8 nitrogen and oxygen atoms in total. The van der Waals surface area contributed by atoms with Gasteiger partial charge in [0, 0.05) is 48.0 Å². The van der Waals surface area contributed by atoms with Crippen LogP contribution in [0.3, 0.4) is 0 Å². The molecule has 4 aromatic rings. The first-order valence-corrected chi connectivity index (χ1v) is 11.4. The summed E-state index contributed by atoms with van der Waals surface area (Å²) in [5.74, 6) is 2.81. The van der Waals surface area contributed by atoms with E-state index in [1.807, 2.05) is 41.1 Å². The zero-order chi connectivity index (χ0) is 21.0. The Hall–Kier alpha value is -3.33. The van der Waals surface area contributed by atoms with Gasteiger partial charge in [0.25, 0.3) is 0 Å². The first kappa shape index (κ1) is 19.6. The maximum absolute atomic E-state index is 12.5. The highest BCUT2D eigenvalue weighted by Gasteiger charge is 2.17. The van der Waals surface area contributed by atoms with E-state index in [4.69, 9.17) is 4.52 Å². The summed E-state index contributed by atoms with van der Waals surface area (Å²) in [5.41, 5.74) is 2.61. The third-order valence-corrected chi connectivity index (χ3v) is 6.01. The number of thiophene rings is 1. The maximum atomic E-state index is 12.5. The molecule has 0 unspecified atom stereocenters. The molecule has 1 amide bonds. The fraction of sp³-hybridized carbons (Fsp3) is 0.318. The summed E-state index contributed by atoms with van der Waals surface area (Å²) in [5, 5.41) is 19.6. The highest BCUT2D eigenvalue weighted by Crippen LogP contribution is 2.25. The molecular formula is C22H22N6O2S. The van der Waals surface area contributed by atoms with Crippen molar-refractivity contribution in [3.63, 3.8) is 0 Å². The van der Waals surface area contributed by atoms with Crippen molar-refractivity contribution in [3.8, 4) is 22.8 Å². The molecule has 4 heterocycles. The smallest absolute Gasteiger partial charge is 0.227 e. The Morgan fingerprint density at radius 2 is 2.13 bits per heavy atom. The van der Waals surface area contributed by atoms with Gasteiger partial charge in [-0.3, -0.25) is 4.79 Å². The normalized spacial score (nSPS) is 13.5. The van der Waals surface area contributed by atoms with E-state index in [1.54, 1.807) is 11.3 Å². The Labute approximate surface area is 183 Å². The number of aromatic nitrogens is 5. The number of carbonyl (C=O) groups excluding carboxylic acids is 1. The number of rotatable bonds is 6. The molecule has 0 fully saturated rings. The fourth-order valence-electron chi connectivity index (χ4n) is 3.74. The molecule has 5 rings (SSSR count). The van der Waals surface area contributed by atoms with Crippen LogP contribution >= 0.6 is 11.3 Å². The van der Waals surface area contributed by atoms with Gasteiger partial charge in [0.1, 0.15) is 5.82 Å². The molecule has 0 saturated carbocycles. The van der Waals surface area contributed by atoms with Crippen LogP contribution < -0.4 is 5.32 Å². The SMILES string of the molecule is O=C(CCc1nc(-c2ccsc2)no1)Nc1cccc(-c2nnc3n2CCCCC3)c1. The van der Waals surface area contributed by atoms with Gasteiger partial charge in [-0.15, -0.1) is 10.2 Å². The second-order valence-electron chi connectivity index (χ2n) is 7.55. The minimum Gasteiger partial charge on any atom is -0.339 e. The molecule has 158 valence electrons. The Balaban J connectivity index is 1.23. The third kappa shape index (κ3) is 4.41. The van der Waals surface area contributed by atoms with Crippen molar-refractivity contribution in [2.24, 2.45) is 0 Å². The molecule has 3 aromatic heterocycles. The maximum Gasteiger partial charge on any atom is 0.227 e. The molecular weight excluding hydrogens is 412 g/mol. The zero-order valence-electron chi connectivity index (χ0n) is 17.0. The number of anilines is 1. The number of fused-ring (bicyclic) bond motifs is 1. The lowest BCUT2D eigenvalue weighted by molar-refractivity contribution is -0.116. The fourth-order valence-corrected chi connectivity index (χ4v) is 4.38. The van der Waals surface area contributed by atoms with Gasteiger partial charge in [0.15, 0.2) is 5.82 Å². The van der Waals surface area contributed by atoms with E-state index in [0.717, 1.165) is 54.3 Å². The lowest BCUT2D eigenvalue weighted by atomic mass is 10.1. The number of nitrogens with zero attached hydrogens (tertiary/aromatic N) is 5. The number of aryl methyl sites for hydroxylation is 2. The van der Waals surface area contributed by atoms with Crippen molar-refractivity contribution in [1.29, 1.82) is 0 Å². The van der Waals surface area contributed by atoms with Crippen molar-refractivity contribution in [2.45, 2.75) is 45.1 Å². The highest BCUT2D eigenvalue weighted by molar-refractivity contribution is 7.08. The van der Waals surface area contributed by atoms with Crippen LogP contribution in [0.5, 0.6) is 0 Å². The van der Waals surface area contributed by atoms with Crippen LogP contribution in [0, 0.1) is 0 Å². The topological polar surface area (TPSA) is 98.7 Å². The first-order chi connectivity index (χ1) is 15.3. The molecule has 1 N–H and O–H groups in total. The monoisotopic (exact) mass is 434 g/mol. The molecule has 0 spiro atoms. The summed E-state index contributed by atoms with van der Waals surface area (Å²) in [7, 11) is 0. The van der Waals surface area contributed by atoms with Crippen molar-refractivity contribution in [3.05, 3.63) is 52.8 Å². The number of carbonyl (C=O) groups is 1. The average molecular weight is 435 g/mol. The van der Waals surface area contributed by atoms with Crippen LogP contribution in [0.15, 0.2) is 45.6 Å². The van der Waals surface area contributed by atoms with E-state index < -0.39 is 0 Å². The van der Waals surface area contributed by atoms with Crippen LogP contribution in [0.2, 0.25) is 0 Å². The molecule has 31 heavy (non-hydrogen) atoms. The molecule has 1 aliphatic rings. The number of hydrogen-bond acceptors (Lipinski definition) is 7. The summed E-state index contributed by atoms with van der Waals surface area (Å²) in [6, 6.07) is 9.69. The largest absolute Gasteiger partial charge is 0.339 e. The van der Waals surface area contributed by atoms with Crippen LogP contribution in [0.1, 0.15) is 37.4 Å². The molecule has 0 radical (unpaired) electrons. The van der Waals surface area contributed by atoms with Crippen molar-refractivity contribution < 1.29 is 9.32 Å². The van der Waals surface area contributed by atoms with Gasteiger partial charge >= 0.3 is 0 Å². The highest BCUT2D eigenvalue weighted by atomic mass is 32.1. The zero-order valence-corrected chi connectivity index (χ0v) is 17.8. The molecule has 0 bridgehead atoms. The second-order valence-corrected chi connectivity index (χ2v) is 8.33. The Morgan fingerprint density at radius 3 is 3.03 bits per heavy atom. The van der Waals surface area contributed by atoms with Gasteiger partial charge in [-0.05, 0) is 36.4 Å². The molecule has 0 aliphatic carbocycles. The molecule has 1 aromatic carbocycles. The Kier molecular flexibility index (Phi) is 5.57. The van der Waals surface area contributed by atoms with Crippen LogP contribution in [-0.4, -0.2) is 30.8 Å². The Bertz CT molecular complexity index is 1180.